The van der Waals surface area contributed by atoms with Crippen LogP contribution in [0.4, 0.5) is 5.13 Å². The predicted octanol–water partition coefficient (Wildman–Crippen LogP) is 4.98. The van der Waals surface area contributed by atoms with Crippen molar-refractivity contribution in [1.82, 2.24) is 14.8 Å². The average molecular weight is 433 g/mol. The molecule has 158 valence electrons. The summed E-state index contributed by atoms with van der Waals surface area (Å²) in [7, 11) is 0. The van der Waals surface area contributed by atoms with E-state index in [4.69, 9.17) is 0 Å². The number of hydrogen-bond donors (Lipinski definition) is 1. The number of aryl methyl sites for hydroxylation is 1. The molecule has 2 aromatic carbocycles. The van der Waals surface area contributed by atoms with Gasteiger partial charge in [-0.1, -0.05) is 56.3 Å². The Morgan fingerprint density at radius 3 is 2.55 bits per heavy atom. The molecule has 0 spiro atoms. The summed E-state index contributed by atoms with van der Waals surface area (Å²) < 4.78 is 1.20. The molecule has 7 heteroatoms. The first kappa shape index (κ1) is 20.9. The van der Waals surface area contributed by atoms with Gasteiger partial charge in [0.25, 0.3) is 5.56 Å². The van der Waals surface area contributed by atoms with Crippen molar-refractivity contribution in [2.45, 2.75) is 39.7 Å². The van der Waals surface area contributed by atoms with Gasteiger partial charge in [-0.2, -0.15) is 5.10 Å². The van der Waals surface area contributed by atoms with Crippen molar-refractivity contribution in [3.8, 4) is 11.3 Å². The second kappa shape index (κ2) is 8.81. The maximum Gasteiger partial charge on any atom is 0.275 e. The zero-order valence-electron chi connectivity index (χ0n) is 17.8. The Bertz CT molecular complexity index is 1290. The van der Waals surface area contributed by atoms with Crippen LogP contribution in [-0.4, -0.2) is 20.7 Å². The van der Waals surface area contributed by atoms with E-state index < -0.39 is 0 Å². The van der Waals surface area contributed by atoms with Crippen molar-refractivity contribution in [3.63, 3.8) is 0 Å². The lowest BCUT2D eigenvalue weighted by atomic mass is 9.97. The van der Waals surface area contributed by atoms with Crippen LogP contribution >= 0.6 is 11.3 Å². The van der Waals surface area contributed by atoms with E-state index in [0.717, 1.165) is 23.1 Å². The lowest BCUT2D eigenvalue weighted by molar-refractivity contribution is -0.117. The lowest BCUT2D eigenvalue weighted by Gasteiger charge is -2.09. The molecule has 4 rings (SSSR count). The van der Waals surface area contributed by atoms with Gasteiger partial charge < -0.3 is 5.32 Å². The Labute approximate surface area is 184 Å². The maximum absolute atomic E-state index is 12.7. The van der Waals surface area contributed by atoms with Crippen LogP contribution in [0.25, 0.3) is 22.0 Å². The molecule has 31 heavy (non-hydrogen) atoms. The number of rotatable bonds is 6. The number of anilines is 1. The van der Waals surface area contributed by atoms with E-state index in [-0.39, 0.29) is 18.0 Å². The van der Waals surface area contributed by atoms with Gasteiger partial charge in [0, 0.05) is 16.3 Å². The minimum atomic E-state index is -0.336. The molecule has 6 nitrogen and oxygen atoms in total. The van der Waals surface area contributed by atoms with Gasteiger partial charge >= 0.3 is 0 Å². The number of aromatic nitrogens is 3. The minimum Gasteiger partial charge on any atom is -0.300 e. The molecule has 0 fully saturated rings. The first-order valence-corrected chi connectivity index (χ1v) is 11.2. The number of carbonyl (C=O) groups excluding carboxylic acids is 1. The summed E-state index contributed by atoms with van der Waals surface area (Å²) >= 11 is 1.36. The van der Waals surface area contributed by atoms with Crippen molar-refractivity contribution >= 4 is 33.1 Å². The number of carbonyl (C=O) groups is 1. The van der Waals surface area contributed by atoms with Crippen LogP contribution in [-0.2, 0) is 11.3 Å². The molecular formula is C24H24N4O2S. The number of nitrogens with one attached hydrogen (secondary N) is 1. The molecule has 0 aliphatic carbocycles. The lowest BCUT2D eigenvalue weighted by Crippen LogP contribution is -2.30. The molecule has 0 unspecified atom stereocenters. The quantitative estimate of drug-likeness (QED) is 0.466. The SMILES string of the molecule is CC[C@H](C)c1ccc(-c2csc(NC(=O)Cn3nc(C)c4ccccc4c3=O)n2)cc1. The Morgan fingerprint density at radius 1 is 1.13 bits per heavy atom. The topological polar surface area (TPSA) is 76.9 Å². The minimum absolute atomic E-state index is 0.164. The maximum atomic E-state index is 12.7. The average Bonchev–Trinajstić information content (AvgIpc) is 3.25. The monoisotopic (exact) mass is 432 g/mol. The van der Waals surface area contributed by atoms with Crippen LogP contribution in [0, 0.1) is 6.92 Å². The summed E-state index contributed by atoms with van der Waals surface area (Å²) in [4.78, 5) is 29.7. The zero-order chi connectivity index (χ0) is 22.0. The van der Waals surface area contributed by atoms with Gasteiger partial charge in [-0.3, -0.25) is 9.59 Å². The smallest absolute Gasteiger partial charge is 0.275 e. The van der Waals surface area contributed by atoms with Gasteiger partial charge in [0.2, 0.25) is 5.91 Å². The fourth-order valence-electron chi connectivity index (χ4n) is 3.49. The van der Waals surface area contributed by atoms with E-state index >= 15 is 0 Å². The highest BCUT2D eigenvalue weighted by molar-refractivity contribution is 7.14. The number of thiazole rings is 1. The molecule has 0 bridgehead atoms. The number of benzene rings is 2. The fourth-order valence-corrected chi connectivity index (χ4v) is 4.22. The van der Waals surface area contributed by atoms with Gasteiger partial charge in [-0.15, -0.1) is 11.3 Å². The van der Waals surface area contributed by atoms with Crippen LogP contribution in [0.5, 0.6) is 0 Å². The zero-order valence-corrected chi connectivity index (χ0v) is 18.6. The Kier molecular flexibility index (Phi) is 5.95. The van der Waals surface area contributed by atoms with Crippen LogP contribution in [0.1, 0.15) is 37.4 Å². The normalized spacial score (nSPS) is 12.1. The standard InChI is InChI=1S/C24H24N4O2S/c1-4-15(2)17-9-11-18(12-10-17)21-14-31-24(25-21)26-22(29)13-28-23(30)20-8-6-5-7-19(20)16(3)27-28/h5-12,14-15H,4,13H2,1-3H3,(H,25,26,29)/t15-/m0/s1. The molecule has 0 aliphatic heterocycles. The van der Waals surface area contributed by atoms with E-state index in [1.165, 1.54) is 21.6 Å². The Morgan fingerprint density at radius 2 is 1.84 bits per heavy atom. The molecule has 0 radical (unpaired) electrons. The van der Waals surface area contributed by atoms with Gasteiger partial charge in [0.05, 0.1) is 16.8 Å². The van der Waals surface area contributed by atoms with E-state index in [1.54, 1.807) is 12.1 Å². The third-order valence-electron chi connectivity index (χ3n) is 5.48. The van der Waals surface area contributed by atoms with Crippen molar-refractivity contribution in [1.29, 1.82) is 0 Å². The highest BCUT2D eigenvalue weighted by Gasteiger charge is 2.13. The molecule has 0 saturated carbocycles. The summed E-state index contributed by atoms with van der Waals surface area (Å²) in [6.07, 6.45) is 1.10. The summed E-state index contributed by atoms with van der Waals surface area (Å²) in [5.74, 6) is 0.187. The number of hydrogen-bond acceptors (Lipinski definition) is 5. The summed E-state index contributed by atoms with van der Waals surface area (Å²) in [6, 6.07) is 15.7. The van der Waals surface area contributed by atoms with Crippen LogP contribution < -0.4 is 10.9 Å². The van der Waals surface area contributed by atoms with Gasteiger partial charge in [0.1, 0.15) is 6.54 Å². The second-order valence-electron chi connectivity index (χ2n) is 7.61. The van der Waals surface area contributed by atoms with Crippen molar-refractivity contribution in [2.24, 2.45) is 0 Å². The first-order chi connectivity index (χ1) is 15.0. The van der Waals surface area contributed by atoms with Crippen molar-refractivity contribution < 1.29 is 4.79 Å². The highest BCUT2D eigenvalue weighted by atomic mass is 32.1. The Hall–Kier alpha value is -3.32. The van der Waals surface area contributed by atoms with Crippen LogP contribution in [0.15, 0.2) is 58.7 Å². The predicted molar refractivity (Wildman–Crippen MR) is 126 cm³/mol. The van der Waals surface area contributed by atoms with Crippen LogP contribution in [0.3, 0.4) is 0 Å². The third kappa shape index (κ3) is 4.41. The molecule has 2 heterocycles. The van der Waals surface area contributed by atoms with Crippen molar-refractivity contribution in [2.75, 3.05) is 5.32 Å². The molecule has 1 N–H and O–H groups in total. The largest absolute Gasteiger partial charge is 0.300 e. The summed E-state index contributed by atoms with van der Waals surface area (Å²) in [5, 5.41) is 10.8. The van der Waals surface area contributed by atoms with Gasteiger partial charge in [0.15, 0.2) is 5.13 Å². The van der Waals surface area contributed by atoms with Gasteiger partial charge in [-0.25, -0.2) is 9.67 Å². The number of fused-ring (bicyclic) bond motifs is 1. The fraction of sp³-hybridized carbons (Fsp3) is 0.250. The highest BCUT2D eigenvalue weighted by Crippen LogP contribution is 2.27. The molecule has 1 atom stereocenters. The second-order valence-corrected chi connectivity index (χ2v) is 8.47. The molecule has 2 aromatic heterocycles. The summed E-state index contributed by atoms with van der Waals surface area (Å²) in [6.45, 7) is 6.05. The molecule has 1 amide bonds. The summed E-state index contributed by atoms with van der Waals surface area (Å²) in [5.41, 5.74) is 3.55. The van der Waals surface area contributed by atoms with E-state index in [9.17, 15) is 9.59 Å². The Balaban J connectivity index is 1.48. The molecule has 0 saturated heterocycles. The van der Waals surface area contributed by atoms with E-state index in [2.05, 4.69) is 53.5 Å². The van der Waals surface area contributed by atoms with Crippen LogP contribution in [0.2, 0.25) is 0 Å². The number of amides is 1. The molecule has 4 aromatic rings. The number of nitrogens with zero attached hydrogens (tertiary/aromatic N) is 3. The first-order valence-electron chi connectivity index (χ1n) is 10.3. The van der Waals surface area contributed by atoms with E-state index in [1.807, 2.05) is 24.4 Å². The molecule has 0 aliphatic rings. The third-order valence-corrected chi connectivity index (χ3v) is 6.24. The van der Waals surface area contributed by atoms with E-state index in [0.29, 0.717) is 22.1 Å². The molecular weight excluding hydrogens is 408 g/mol. The van der Waals surface area contributed by atoms with Gasteiger partial charge in [-0.05, 0) is 30.9 Å². The van der Waals surface area contributed by atoms with Crippen molar-refractivity contribution in [3.05, 3.63) is 75.5 Å².